The number of rotatable bonds is 3. The molecule has 0 aliphatic rings. The third-order valence-electron chi connectivity index (χ3n) is 3.64. The van der Waals surface area contributed by atoms with Crippen LogP contribution in [0, 0.1) is 0 Å². The number of para-hydroxylation sites is 1. The molecule has 0 radical (unpaired) electrons. The zero-order chi connectivity index (χ0) is 14.8. The summed E-state index contributed by atoms with van der Waals surface area (Å²) in [6.07, 6.45) is 0. The van der Waals surface area contributed by atoms with Crippen molar-refractivity contribution in [3.63, 3.8) is 0 Å². The van der Waals surface area contributed by atoms with E-state index in [1.165, 1.54) is 0 Å². The third kappa shape index (κ3) is 2.27. The monoisotopic (exact) mass is 279 g/mol. The molecule has 3 aromatic carbocycles. The van der Waals surface area contributed by atoms with Crippen LogP contribution >= 0.6 is 0 Å². The van der Waals surface area contributed by atoms with E-state index in [-0.39, 0.29) is 0 Å². The van der Waals surface area contributed by atoms with Crippen LogP contribution in [0.4, 0.5) is 5.69 Å². The number of fused-ring (bicyclic) bond motifs is 1. The second kappa shape index (κ2) is 5.37. The summed E-state index contributed by atoms with van der Waals surface area (Å²) < 4.78 is 10.8. The van der Waals surface area contributed by atoms with Gasteiger partial charge in [-0.1, -0.05) is 36.4 Å². The number of ether oxygens (including phenoxy) is 2. The van der Waals surface area contributed by atoms with Gasteiger partial charge in [0.25, 0.3) is 0 Å². The lowest BCUT2D eigenvalue weighted by molar-refractivity contribution is 0.356. The van der Waals surface area contributed by atoms with Crippen molar-refractivity contribution in [2.75, 3.05) is 20.0 Å². The van der Waals surface area contributed by atoms with Gasteiger partial charge in [0.05, 0.1) is 14.2 Å². The summed E-state index contributed by atoms with van der Waals surface area (Å²) in [6, 6.07) is 18.0. The van der Waals surface area contributed by atoms with E-state index in [9.17, 15) is 0 Å². The molecule has 0 aliphatic carbocycles. The minimum Gasteiger partial charge on any atom is -0.493 e. The number of hydrogen-bond acceptors (Lipinski definition) is 3. The van der Waals surface area contributed by atoms with Gasteiger partial charge in [0, 0.05) is 11.3 Å². The van der Waals surface area contributed by atoms with Crippen molar-refractivity contribution in [2.45, 2.75) is 0 Å². The summed E-state index contributed by atoms with van der Waals surface area (Å²) in [7, 11) is 3.28. The Morgan fingerprint density at radius 2 is 1.43 bits per heavy atom. The Morgan fingerprint density at radius 1 is 0.762 bits per heavy atom. The van der Waals surface area contributed by atoms with Gasteiger partial charge < -0.3 is 15.2 Å². The molecule has 0 amide bonds. The van der Waals surface area contributed by atoms with Crippen molar-refractivity contribution in [1.82, 2.24) is 0 Å². The molecule has 0 aromatic heterocycles. The van der Waals surface area contributed by atoms with Gasteiger partial charge in [0.15, 0.2) is 11.5 Å². The van der Waals surface area contributed by atoms with Gasteiger partial charge in [-0.15, -0.1) is 0 Å². The van der Waals surface area contributed by atoms with Crippen molar-refractivity contribution < 1.29 is 9.47 Å². The molecule has 0 saturated heterocycles. The summed E-state index contributed by atoms with van der Waals surface area (Å²) in [5.74, 6) is 1.44. The maximum absolute atomic E-state index is 6.11. The van der Waals surface area contributed by atoms with Crippen molar-refractivity contribution in [2.24, 2.45) is 0 Å². The van der Waals surface area contributed by atoms with E-state index in [1.54, 1.807) is 14.2 Å². The number of anilines is 1. The molecule has 3 aromatic rings. The molecule has 106 valence electrons. The Kier molecular flexibility index (Phi) is 3.40. The SMILES string of the molecule is COc1cc2cccc(-c3ccccc3N)c2cc1OC. The first-order chi connectivity index (χ1) is 10.2. The zero-order valence-corrected chi connectivity index (χ0v) is 12.1. The quantitative estimate of drug-likeness (QED) is 0.734. The van der Waals surface area contributed by atoms with Gasteiger partial charge in [0.1, 0.15) is 0 Å². The van der Waals surface area contributed by atoms with Crippen molar-refractivity contribution >= 4 is 16.5 Å². The summed E-state index contributed by atoms with van der Waals surface area (Å²) in [5.41, 5.74) is 8.99. The fourth-order valence-corrected chi connectivity index (χ4v) is 2.58. The molecule has 3 heteroatoms. The molecule has 0 atom stereocenters. The molecule has 3 nitrogen and oxygen atoms in total. The Morgan fingerprint density at radius 3 is 2.14 bits per heavy atom. The van der Waals surface area contributed by atoms with E-state index in [0.717, 1.165) is 33.3 Å². The van der Waals surface area contributed by atoms with E-state index in [2.05, 4.69) is 12.1 Å². The minimum absolute atomic E-state index is 0.715. The zero-order valence-electron chi connectivity index (χ0n) is 12.1. The Balaban J connectivity index is 2.32. The van der Waals surface area contributed by atoms with E-state index < -0.39 is 0 Å². The van der Waals surface area contributed by atoms with Crippen LogP contribution < -0.4 is 15.2 Å². The van der Waals surface area contributed by atoms with Crippen molar-refractivity contribution in [1.29, 1.82) is 0 Å². The molecular formula is C18H17NO2. The number of benzene rings is 3. The molecule has 0 aliphatic heterocycles. The fraction of sp³-hybridized carbons (Fsp3) is 0.111. The highest BCUT2D eigenvalue weighted by atomic mass is 16.5. The standard InChI is InChI=1S/C18H17NO2/c1-20-17-10-12-6-5-8-13(15(12)11-18(17)21-2)14-7-3-4-9-16(14)19/h3-11H,19H2,1-2H3. The van der Waals surface area contributed by atoms with Crippen molar-refractivity contribution in [3.05, 3.63) is 54.6 Å². The second-order valence-electron chi connectivity index (χ2n) is 4.82. The van der Waals surface area contributed by atoms with Gasteiger partial charge in [-0.05, 0) is 34.5 Å². The van der Waals surface area contributed by atoms with Crippen LogP contribution in [-0.2, 0) is 0 Å². The van der Waals surface area contributed by atoms with Crippen LogP contribution in [0.3, 0.4) is 0 Å². The second-order valence-corrected chi connectivity index (χ2v) is 4.82. The average molecular weight is 279 g/mol. The Bertz CT molecular complexity index is 796. The third-order valence-corrected chi connectivity index (χ3v) is 3.64. The maximum atomic E-state index is 6.11. The van der Waals surface area contributed by atoms with E-state index >= 15 is 0 Å². The van der Waals surface area contributed by atoms with E-state index in [0.29, 0.717) is 5.75 Å². The predicted molar refractivity (Wildman–Crippen MR) is 86.9 cm³/mol. The van der Waals surface area contributed by atoms with E-state index in [4.69, 9.17) is 15.2 Å². The first kappa shape index (κ1) is 13.3. The van der Waals surface area contributed by atoms with Crippen LogP contribution in [0.5, 0.6) is 11.5 Å². The Labute approximate surface area is 123 Å². The van der Waals surface area contributed by atoms with Crippen molar-refractivity contribution in [3.8, 4) is 22.6 Å². The Hall–Kier alpha value is -2.68. The fourth-order valence-electron chi connectivity index (χ4n) is 2.58. The largest absolute Gasteiger partial charge is 0.493 e. The molecule has 0 saturated carbocycles. The number of methoxy groups -OCH3 is 2. The lowest BCUT2D eigenvalue weighted by Gasteiger charge is -2.13. The van der Waals surface area contributed by atoms with Gasteiger partial charge in [0.2, 0.25) is 0 Å². The number of nitrogens with two attached hydrogens (primary N) is 1. The molecule has 0 fully saturated rings. The molecule has 0 spiro atoms. The molecule has 0 bridgehead atoms. The number of nitrogen functional groups attached to an aromatic ring is 1. The highest BCUT2D eigenvalue weighted by molar-refractivity contribution is 6.00. The van der Waals surface area contributed by atoms with Gasteiger partial charge >= 0.3 is 0 Å². The van der Waals surface area contributed by atoms with Crippen LogP contribution in [-0.4, -0.2) is 14.2 Å². The highest BCUT2D eigenvalue weighted by Crippen LogP contribution is 2.38. The number of hydrogen-bond donors (Lipinski definition) is 1. The summed E-state index contributed by atoms with van der Waals surface area (Å²) >= 11 is 0. The van der Waals surface area contributed by atoms with E-state index in [1.807, 2.05) is 42.5 Å². The first-order valence-corrected chi connectivity index (χ1v) is 6.74. The lowest BCUT2D eigenvalue weighted by atomic mass is 9.96. The highest BCUT2D eigenvalue weighted by Gasteiger charge is 2.11. The summed E-state index contributed by atoms with van der Waals surface area (Å²) in [5, 5.41) is 2.18. The smallest absolute Gasteiger partial charge is 0.161 e. The van der Waals surface area contributed by atoms with Gasteiger partial charge in [-0.2, -0.15) is 0 Å². The topological polar surface area (TPSA) is 44.5 Å². The molecule has 0 heterocycles. The molecule has 3 rings (SSSR count). The van der Waals surface area contributed by atoms with Crippen LogP contribution in [0.1, 0.15) is 0 Å². The lowest BCUT2D eigenvalue weighted by Crippen LogP contribution is -1.93. The summed E-state index contributed by atoms with van der Waals surface area (Å²) in [6.45, 7) is 0. The molecular weight excluding hydrogens is 262 g/mol. The van der Waals surface area contributed by atoms with Crippen LogP contribution in [0.25, 0.3) is 21.9 Å². The molecule has 0 unspecified atom stereocenters. The average Bonchev–Trinajstić information content (AvgIpc) is 2.53. The summed E-state index contributed by atoms with van der Waals surface area (Å²) in [4.78, 5) is 0. The van der Waals surface area contributed by atoms with Crippen LogP contribution in [0.2, 0.25) is 0 Å². The predicted octanol–water partition coefficient (Wildman–Crippen LogP) is 4.11. The normalized spacial score (nSPS) is 10.6. The maximum Gasteiger partial charge on any atom is 0.161 e. The van der Waals surface area contributed by atoms with Crippen LogP contribution in [0.15, 0.2) is 54.6 Å². The van der Waals surface area contributed by atoms with Gasteiger partial charge in [-0.25, -0.2) is 0 Å². The first-order valence-electron chi connectivity index (χ1n) is 6.74. The minimum atomic E-state index is 0.715. The molecule has 2 N–H and O–H groups in total. The van der Waals surface area contributed by atoms with Gasteiger partial charge in [-0.3, -0.25) is 0 Å². The molecule has 21 heavy (non-hydrogen) atoms.